The molecule has 3 aromatic rings. The fourth-order valence-corrected chi connectivity index (χ4v) is 2.79. The van der Waals surface area contributed by atoms with Crippen LogP contribution in [-0.2, 0) is 26.5 Å². The molecule has 0 saturated heterocycles. The van der Waals surface area contributed by atoms with Gasteiger partial charge >= 0.3 is 5.97 Å². The van der Waals surface area contributed by atoms with Crippen LogP contribution in [0.5, 0.6) is 0 Å². The molecule has 148 valence electrons. The fraction of sp³-hybridized carbons (Fsp3) is 0.200. The van der Waals surface area contributed by atoms with Crippen molar-refractivity contribution in [2.75, 3.05) is 0 Å². The SMILES string of the molecule is CCC(C)(c1cccc(C(=O)O)n1)c1cccc(-c2[c-]cc(F)nc2F)n1.[Pt]. The minimum absolute atomic E-state index is 0. The van der Waals surface area contributed by atoms with E-state index in [4.69, 9.17) is 0 Å². The summed E-state index contributed by atoms with van der Waals surface area (Å²) < 4.78 is 27.1. The van der Waals surface area contributed by atoms with Gasteiger partial charge in [-0.25, -0.2) is 18.6 Å². The number of hydrogen-bond donors (Lipinski definition) is 1. The van der Waals surface area contributed by atoms with E-state index >= 15 is 0 Å². The molecule has 0 fully saturated rings. The average molecular weight is 563 g/mol. The van der Waals surface area contributed by atoms with Crippen LogP contribution in [0.1, 0.15) is 42.1 Å². The van der Waals surface area contributed by atoms with E-state index in [0.717, 1.165) is 6.07 Å². The summed E-state index contributed by atoms with van der Waals surface area (Å²) in [4.78, 5) is 23.2. The van der Waals surface area contributed by atoms with Gasteiger partial charge in [-0.15, -0.1) is 6.07 Å². The van der Waals surface area contributed by atoms with Gasteiger partial charge in [0.15, 0.2) is 0 Å². The molecule has 1 atom stereocenters. The molecule has 1 N–H and O–H groups in total. The summed E-state index contributed by atoms with van der Waals surface area (Å²) in [5.41, 5.74) is 0.567. The third kappa shape index (κ3) is 4.14. The zero-order chi connectivity index (χ0) is 19.6. The number of carboxylic acids is 1. The van der Waals surface area contributed by atoms with E-state index in [0.29, 0.717) is 17.8 Å². The standard InChI is InChI=1S/C20H16F2N3O2.Pt/c1-3-20(2,16-9-5-7-14(24-16)19(26)27)15-8-4-6-13(23-15)12-10-11-17(21)25-18(12)22;/h4-9,11H,3H2,1-2H3,(H,26,27);/q-1;. The molecule has 0 amide bonds. The van der Waals surface area contributed by atoms with Crippen molar-refractivity contribution >= 4 is 5.97 Å². The summed E-state index contributed by atoms with van der Waals surface area (Å²) in [5, 5.41) is 9.20. The van der Waals surface area contributed by atoms with Crippen LogP contribution < -0.4 is 0 Å². The first-order chi connectivity index (χ1) is 12.8. The first kappa shape index (κ1) is 21.8. The number of halogens is 2. The summed E-state index contributed by atoms with van der Waals surface area (Å²) in [6.45, 7) is 3.81. The van der Waals surface area contributed by atoms with Gasteiger partial charge in [-0.3, -0.25) is 4.98 Å². The quantitative estimate of drug-likeness (QED) is 0.375. The minimum atomic E-state index is -1.12. The van der Waals surface area contributed by atoms with E-state index in [1.807, 2.05) is 13.8 Å². The average Bonchev–Trinajstić information content (AvgIpc) is 2.67. The summed E-state index contributed by atoms with van der Waals surface area (Å²) in [5.74, 6) is -3.07. The summed E-state index contributed by atoms with van der Waals surface area (Å²) in [6, 6.07) is 13.3. The van der Waals surface area contributed by atoms with E-state index in [9.17, 15) is 18.7 Å². The predicted molar refractivity (Wildman–Crippen MR) is 94.2 cm³/mol. The first-order valence-electron chi connectivity index (χ1n) is 8.27. The van der Waals surface area contributed by atoms with Crippen LogP contribution in [0.25, 0.3) is 11.3 Å². The zero-order valence-corrected chi connectivity index (χ0v) is 17.3. The Labute approximate surface area is 175 Å². The van der Waals surface area contributed by atoms with Gasteiger partial charge in [0, 0.05) is 26.8 Å². The van der Waals surface area contributed by atoms with E-state index in [1.165, 1.54) is 6.07 Å². The van der Waals surface area contributed by atoms with Crippen LogP contribution in [0.15, 0.2) is 42.5 Å². The second-order valence-corrected chi connectivity index (χ2v) is 6.20. The topological polar surface area (TPSA) is 76.0 Å². The Morgan fingerprint density at radius 2 is 1.75 bits per heavy atom. The molecule has 0 aromatic carbocycles. The van der Waals surface area contributed by atoms with Crippen LogP contribution in [0.3, 0.4) is 0 Å². The molecule has 0 bridgehead atoms. The summed E-state index contributed by atoms with van der Waals surface area (Å²) in [7, 11) is 0. The summed E-state index contributed by atoms with van der Waals surface area (Å²) in [6.07, 6.45) is 0.577. The number of hydrogen-bond acceptors (Lipinski definition) is 4. The van der Waals surface area contributed by atoms with Gasteiger partial charge in [0.05, 0.1) is 11.1 Å². The maximum atomic E-state index is 14.0. The molecule has 3 heterocycles. The van der Waals surface area contributed by atoms with E-state index in [-0.39, 0.29) is 38.0 Å². The molecule has 5 nitrogen and oxygen atoms in total. The molecule has 3 rings (SSSR count). The second-order valence-electron chi connectivity index (χ2n) is 6.20. The normalized spacial score (nSPS) is 12.7. The molecule has 0 spiro atoms. The third-order valence-corrected chi connectivity index (χ3v) is 4.56. The largest absolute Gasteiger partial charge is 0.477 e. The van der Waals surface area contributed by atoms with Gasteiger partial charge in [-0.2, -0.15) is 0 Å². The Hall–Kier alpha value is -2.53. The molecule has 0 aliphatic rings. The predicted octanol–water partition coefficient (Wildman–Crippen LogP) is 4.03. The first-order valence-corrected chi connectivity index (χ1v) is 8.27. The molecule has 0 saturated carbocycles. The van der Waals surface area contributed by atoms with Crippen molar-refractivity contribution in [2.45, 2.75) is 25.7 Å². The molecule has 0 radical (unpaired) electrons. The van der Waals surface area contributed by atoms with Crippen molar-refractivity contribution in [2.24, 2.45) is 0 Å². The Morgan fingerprint density at radius 1 is 1.11 bits per heavy atom. The Balaban J connectivity index is 0.00000280. The molecular formula is C20H16F2N3O2Pt-. The van der Waals surface area contributed by atoms with Gasteiger partial charge in [0.1, 0.15) is 17.6 Å². The van der Waals surface area contributed by atoms with Gasteiger partial charge in [-0.1, -0.05) is 36.8 Å². The molecule has 0 aliphatic carbocycles. The van der Waals surface area contributed by atoms with Crippen LogP contribution in [-0.4, -0.2) is 26.0 Å². The number of aromatic nitrogens is 3. The van der Waals surface area contributed by atoms with Crippen molar-refractivity contribution in [1.82, 2.24) is 15.0 Å². The maximum absolute atomic E-state index is 14.0. The van der Waals surface area contributed by atoms with Crippen molar-refractivity contribution in [3.63, 3.8) is 0 Å². The number of aromatic carboxylic acids is 1. The molecule has 3 aromatic heterocycles. The Kier molecular flexibility index (Phi) is 6.72. The van der Waals surface area contributed by atoms with E-state index in [2.05, 4.69) is 21.0 Å². The smallest absolute Gasteiger partial charge is 0.354 e. The van der Waals surface area contributed by atoms with Crippen LogP contribution >= 0.6 is 0 Å². The number of nitrogens with zero attached hydrogens (tertiary/aromatic N) is 3. The third-order valence-electron chi connectivity index (χ3n) is 4.56. The Bertz CT molecular complexity index is 1020. The second kappa shape index (κ2) is 8.65. The monoisotopic (exact) mass is 563 g/mol. The Morgan fingerprint density at radius 3 is 2.36 bits per heavy atom. The molecule has 8 heteroatoms. The van der Waals surface area contributed by atoms with Gasteiger partial charge in [-0.05, 0) is 37.2 Å². The van der Waals surface area contributed by atoms with E-state index < -0.39 is 23.3 Å². The van der Waals surface area contributed by atoms with Crippen molar-refractivity contribution in [3.8, 4) is 11.3 Å². The van der Waals surface area contributed by atoms with Gasteiger partial charge in [0.25, 0.3) is 0 Å². The van der Waals surface area contributed by atoms with Crippen LogP contribution in [0.2, 0.25) is 0 Å². The number of pyridine rings is 3. The summed E-state index contributed by atoms with van der Waals surface area (Å²) >= 11 is 0. The van der Waals surface area contributed by atoms with Gasteiger partial charge < -0.3 is 10.1 Å². The zero-order valence-electron chi connectivity index (χ0n) is 15.0. The molecule has 1 unspecified atom stereocenters. The molecule has 0 aliphatic heterocycles. The molecule has 28 heavy (non-hydrogen) atoms. The van der Waals surface area contributed by atoms with Gasteiger partial charge in [0.2, 0.25) is 0 Å². The minimum Gasteiger partial charge on any atom is -0.477 e. The molecular weight excluding hydrogens is 547 g/mol. The van der Waals surface area contributed by atoms with E-state index in [1.54, 1.807) is 30.3 Å². The van der Waals surface area contributed by atoms with Crippen molar-refractivity contribution < 1.29 is 39.7 Å². The fourth-order valence-electron chi connectivity index (χ4n) is 2.79. The van der Waals surface area contributed by atoms with Crippen LogP contribution in [0, 0.1) is 18.0 Å². The van der Waals surface area contributed by atoms with Crippen molar-refractivity contribution in [1.29, 1.82) is 0 Å². The van der Waals surface area contributed by atoms with Crippen LogP contribution in [0.4, 0.5) is 8.78 Å². The van der Waals surface area contributed by atoms with Crippen molar-refractivity contribution in [3.05, 3.63) is 77.5 Å². The number of carbonyl (C=O) groups is 1. The number of rotatable bonds is 5. The number of carboxylic acid groups (broad SMARTS) is 1. The maximum Gasteiger partial charge on any atom is 0.354 e.